The van der Waals surface area contributed by atoms with Crippen LogP contribution < -0.4 is 10.6 Å². The zero-order chi connectivity index (χ0) is 14.7. The highest BCUT2D eigenvalue weighted by molar-refractivity contribution is 5.92. The third-order valence-electron chi connectivity index (χ3n) is 4.75. The van der Waals surface area contributed by atoms with Crippen LogP contribution in [0.15, 0.2) is 10.7 Å². The predicted octanol–water partition coefficient (Wildman–Crippen LogP) is 2.45. The Morgan fingerprint density at radius 3 is 2.86 bits per heavy atom. The van der Waals surface area contributed by atoms with Crippen molar-refractivity contribution in [2.24, 2.45) is 5.92 Å². The highest BCUT2D eigenvalue weighted by atomic mass is 16.3. The molecular formula is C16H25N3O2. The first-order chi connectivity index (χ1) is 10.2. The number of piperidine rings is 1. The molecule has 1 aromatic heterocycles. The van der Waals surface area contributed by atoms with Gasteiger partial charge in [0.25, 0.3) is 5.91 Å². The van der Waals surface area contributed by atoms with Crippen LogP contribution in [-0.2, 0) is 0 Å². The lowest BCUT2D eigenvalue weighted by Gasteiger charge is -2.26. The summed E-state index contributed by atoms with van der Waals surface area (Å²) in [7, 11) is 0. The van der Waals surface area contributed by atoms with Gasteiger partial charge in [0.2, 0.25) is 0 Å². The van der Waals surface area contributed by atoms with E-state index in [2.05, 4.69) is 22.5 Å². The first-order valence-corrected chi connectivity index (χ1v) is 8.19. The Hall–Kier alpha value is -1.36. The van der Waals surface area contributed by atoms with Gasteiger partial charge in [-0.05, 0) is 51.0 Å². The molecule has 2 heterocycles. The van der Waals surface area contributed by atoms with Gasteiger partial charge >= 0.3 is 0 Å². The van der Waals surface area contributed by atoms with Crippen molar-refractivity contribution in [2.45, 2.75) is 57.4 Å². The van der Waals surface area contributed by atoms with Crippen LogP contribution in [0.5, 0.6) is 0 Å². The van der Waals surface area contributed by atoms with Gasteiger partial charge in [0, 0.05) is 18.5 Å². The fourth-order valence-electron chi connectivity index (χ4n) is 3.31. The van der Waals surface area contributed by atoms with Gasteiger partial charge in [0.05, 0.1) is 0 Å². The molecule has 1 aromatic rings. The maximum Gasteiger partial charge on any atom is 0.273 e. The van der Waals surface area contributed by atoms with Gasteiger partial charge in [-0.1, -0.05) is 6.92 Å². The predicted molar refractivity (Wildman–Crippen MR) is 80.2 cm³/mol. The zero-order valence-corrected chi connectivity index (χ0v) is 12.7. The topological polar surface area (TPSA) is 67.2 Å². The van der Waals surface area contributed by atoms with Crippen molar-refractivity contribution in [1.82, 2.24) is 15.6 Å². The Labute approximate surface area is 125 Å². The normalized spacial score (nSPS) is 30.0. The summed E-state index contributed by atoms with van der Waals surface area (Å²) in [5.41, 5.74) is 0.425. The van der Waals surface area contributed by atoms with Crippen LogP contribution >= 0.6 is 0 Å². The van der Waals surface area contributed by atoms with Crippen LogP contribution in [0.2, 0.25) is 0 Å². The lowest BCUT2D eigenvalue weighted by molar-refractivity contribution is 0.0918. The summed E-state index contributed by atoms with van der Waals surface area (Å²) in [6.07, 6.45) is 8.26. The van der Waals surface area contributed by atoms with E-state index < -0.39 is 0 Å². The van der Waals surface area contributed by atoms with Gasteiger partial charge in [-0.2, -0.15) is 0 Å². The molecule has 0 bridgehead atoms. The second kappa shape index (κ2) is 6.60. The molecule has 1 aliphatic carbocycles. The molecule has 0 spiro atoms. The van der Waals surface area contributed by atoms with Crippen molar-refractivity contribution < 1.29 is 9.21 Å². The number of carbonyl (C=O) groups is 1. The van der Waals surface area contributed by atoms with Gasteiger partial charge in [0.1, 0.15) is 6.26 Å². The van der Waals surface area contributed by atoms with E-state index in [0.29, 0.717) is 23.5 Å². The minimum absolute atomic E-state index is 0.0895. The van der Waals surface area contributed by atoms with E-state index >= 15 is 0 Å². The second-order valence-electron chi connectivity index (χ2n) is 6.54. The maximum absolute atomic E-state index is 12.2. The van der Waals surface area contributed by atoms with E-state index in [1.165, 1.54) is 19.1 Å². The Bertz CT molecular complexity index is 472. The number of nitrogens with zero attached hydrogens (tertiary/aromatic N) is 1. The Morgan fingerprint density at radius 2 is 2.14 bits per heavy atom. The summed E-state index contributed by atoms with van der Waals surface area (Å²) in [5.74, 6) is 1.70. The zero-order valence-electron chi connectivity index (χ0n) is 12.7. The van der Waals surface area contributed by atoms with E-state index in [0.717, 1.165) is 44.7 Å². The van der Waals surface area contributed by atoms with Crippen molar-refractivity contribution in [2.75, 3.05) is 13.1 Å². The molecule has 116 valence electrons. The molecule has 1 saturated carbocycles. The first-order valence-electron chi connectivity index (χ1n) is 8.19. The number of rotatable bonds is 3. The summed E-state index contributed by atoms with van der Waals surface area (Å²) < 4.78 is 5.52. The largest absolute Gasteiger partial charge is 0.448 e. The molecule has 5 nitrogen and oxygen atoms in total. The molecule has 1 unspecified atom stereocenters. The highest BCUT2D eigenvalue weighted by Crippen LogP contribution is 2.24. The Balaban J connectivity index is 1.56. The molecule has 2 N–H and O–H groups in total. The smallest absolute Gasteiger partial charge is 0.273 e. The van der Waals surface area contributed by atoms with Gasteiger partial charge in [0.15, 0.2) is 11.6 Å². The minimum atomic E-state index is -0.0895. The van der Waals surface area contributed by atoms with E-state index in [1.807, 2.05) is 0 Å². The van der Waals surface area contributed by atoms with Crippen molar-refractivity contribution >= 4 is 5.91 Å². The number of aromatic nitrogens is 1. The average Bonchev–Trinajstić information content (AvgIpc) is 3.00. The Morgan fingerprint density at radius 1 is 1.33 bits per heavy atom. The molecule has 1 amide bonds. The van der Waals surface area contributed by atoms with Gasteiger partial charge < -0.3 is 15.1 Å². The summed E-state index contributed by atoms with van der Waals surface area (Å²) in [5, 5.41) is 6.44. The molecule has 3 rings (SSSR count). The highest BCUT2D eigenvalue weighted by Gasteiger charge is 2.24. The van der Waals surface area contributed by atoms with E-state index in [4.69, 9.17) is 4.42 Å². The third kappa shape index (κ3) is 3.64. The van der Waals surface area contributed by atoms with Gasteiger partial charge in [-0.3, -0.25) is 4.79 Å². The van der Waals surface area contributed by atoms with Crippen LogP contribution in [0.3, 0.4) is 0 Å². The number of carbonyl (C=O) groups excluding carboxylic acids is 1. The van der Waals surface area contributed by atoms with Gasteiger partial charge in [-0.25, -0.2) is 4.98 Å². The molecule has 1 aliphatic heterocycles. The molecule has 21 heavy (non-hydrogen) atoms. The summed E-state index contributed by atoms with van der Waals surface area (Å²) in [6, 6.07) is 0.296. The third-order valence-corrected chi connectivity index (χ3v) is 4.75. The molecule has 2 fully saturated rings. The standard InChI is InChI=1S/C16H25N3O2/c1-11-4-6-13(7-5-11)18-15(20)14-10-21-16(19-14)12-3-2-8-17-9-12/h10-13,17H,2-9H2,1H3,(H,18,20). The number of hydrogen-bond donors (Lipinski definition) is 2. The molecule has 5 heteroatoms. The minimum Gasteiger partial charge on any atom is -0.448 e. The second-order valence-corrected chi connectivity index (χ2v) is 6.54. The maximum atomic E-state index is 12.2. The lowest BCUT2D eigenvalue weighted by atomic mass is 9.87. The first kappa shape index (κ1) is 14.6. The van der Waals surface area contributed by atoms with E-state index in [1.54, 1.807) is 0 Å². The average molecular weight is 291 g/mol. The fourth-order valence-corrected chi connectivity index (χ4v) is 3.31. The molecule has 2 aliphatic rings. The van der Waals surface area contributed by atoms with Crippen LogP contribution in [0, 0.1) is 5.92 Å². The quantitative estimate of drug-likeness (QED) is 0.897. The van der Waals surface area contributed by atoms with E-state index in [-0.39, 0.29) is 5.91 Å². The number of oxazole rings is 1. The van der Waals surface area contributed by atoms with Crippen molar-refractivity contribution in [1.29, 1.82) is 0 Å². The van der Waals surface area contributed by atoms with Crippen molar-refractivity contribution in [3.05, 3.63) is 17.8 Å². The lowest BCUT2D eigenvalue weighted by Crippen LogP contribution is -2.37. The van der Waals surface area contributed by atoms with Gasteiger partial charge in [-0.15, -0.1) is 0 Å². The number of nitrogens with one attached hydrogen (secondary N) is 2. The number of amides is 1. The molecule has 0 radical (unpaired) electrons. The summed E-state index contributed by atoms with van der Waals surface area (Å²) in [4.78, 5) is 16.6. The monoisotopic (exact) mass is 291 g/mol. The van der Waals surface area contributed by atoms with E-state index in [9.17, 15) is 4.79 Å². The van der Waals surface area contributed by atoms with Crippen LogP contribution in [0.25, 0.3) is 0 Å². The van der Waals surface area contributed by atoms with Crippen molar-refractivity contribution in [3.63, 3.8) is 0 Å². The molecular weight excluding hydrogens is 266 g/mol. The summed E-state index contributed by atoms with van der Waals surface area (Å²) >= 11 is 0. The molecule has 1 saturated heterocycles. The SMILES string of the molecule is CC1CCC(NC(=O)c2coc(C3CCCNC3)n2)CC1. The Kier molecular flexibility index (Phi) is 4.58. The fraction of sp³-hybridized carbons (Fsp3) is 0.750. The molecule has 1 atom stereocenters. The summed E-state index contributed by atoms with van der Waals surface area (Å²) in [6.45, 7) is 4.23. The van der Waals surface area contributed by atoms with Crippen LogP contribution in [0.4, 0.5) is 0 Å². The van der Waals surface area contributed by atoms with Crippen LogP contribution in [-0.4, -0.2) is 30.0 Å². The van der Waals surface area contributed by atoms with Crippen molar-refractivity contribution in [3.8, 4) is 0 Å². The van der Waals surface area contributed by atoms with Crippen LogP contribution in [0.1, 0.15) is 67.7 Å². The number of hydrogen-bond acceptors (Lipinski definition) is 4. The molecule has 0 aromatic carbocycles.